The Morgan fingerprint density at radius 1 is 1.14 bits per heavy atom. The van der Waals surface area contributed by atoms with E-state index in [0.29, 0.717) is 11.5 Å². The summed E-state index contributed by atoms with van der Waals surface area (Å²) in [6.45, 7) is 1.69. The SMILES string of the molecule is C#CCNC(=O)N1CCC(Cc2ccc(-c3cc(-c4cnn(C)c4)cn4ncc(C#N)c34)cn2)CC1. The number of hydrogen-bond acceptors (Lipinski definition) is 5. The van der Waals surface area contributed by atoms with Gasteiger partial charge >= 0.3 is 6.03 Å². The van der Waals surface area contributed by atoms with Crippen molar-refractivity contribution in [2.24, 2.45) is 13.0 Å². The normalized spacial score (nSPS) is 13.9. The molecular weight excluding hydrogens is 452 g/mol. The van der Waals surface area contributed by atoms with Crippen molar-refractivity contribution in [3.63, 3.8) is 0 Å². The number of rotatable bonds is 5. The number of carbonyl (C=O) groups is 1. The Morgan fingerprint density at radius 3 is 2.64 bits per heavy atom. The van der Waals surface area contributed by atoms with Crippen LogP contribution in [0.3, 0.4) is 0 Å². The van der Waals surface area contributed by atoms with Gasteiger partial charge in [0.15, 0.2) is 0 Å². The van der Waals surface area contributed by atoms with Crippen molar-refractivity contribution in [3.05, 3.63) is 60.4 Å². The van der Waals surface area contributed by atoms with Crippen LogP contribution in [0, 0.1) is 29.6 Å². The van der Waals surface area contributed by atoms with Gasteiger partial charge < -0.3 is 10.2 Å². The smallest absolute Gasteiger partial charge is 0.318 e. The summed E-state index contributed by atoms with van der Waals surface area (Å²) in [7, 11) is 1.88. The van der Waals surface area contributed by atoms with Gasteiger partial charge in [0.2, 0.25) is 0 Å². The van der Waals surface area contributed by atoms with Crippen molar-refractivity contribution in [1.82, 2.24) is 34.6 Å². The van der Waals surface area contributed by atoms with E-state index in [1.165, 1.54) is 0 Å². The molecule has 0 radical (unpaired) electrons. The zero-order valence-electron chi connectivity index (χ0n) is 20.1. The molecule has 36 heavy (non-hydrogen) atoms. The highest BCUT2D eigenvalue weighted by Gasteiger charge is 2.23. The van der Waals surface area contributed by atoms with Crippen molar-refractivity contribution >= 4 is 11.5 Å². The molecule has 0 unspecified atom stereocenters. The first-order chi connectivity index (χ1) is 17.6. The van der Waals surface area contributed by atoms with Crippen molar-refractivity contribution < 1.29 is 4.79 Å². The Kier molecular flexibility index (Phi) is 6.38. The van der Waals surface area contributed by atoms with Crippen LogP contribution in [0.25, 0.3) is 27.8 Å². The maximum absolute atomic E-state index is 12.1. The molecule has 0 aromatic carbocycles. The second-order valence-corrected chi connectivity index (χ2v) is 9.04. The Bertz CT molecular complexity index is 1480. The van der Waals surface area contributed by atoms with E-state index in [4.69, 9.17) is 11.4 Å². The highest BCUT2D eigenvalue weighted by atomic mass is 16.2. The standard InChI is InChI=1S/C27H26N8O/c1-3-8-29-27(36)34-9-6-19(7-10-34)11-24-5-4-20(14-30-24)25-12-21(23-16-31-33(2)17-23)18-35-26(25)22(13-28)15-32-35/h1,4-5,12,14-19H,6-11H2,2H3,(H,29,36). The Morgan fingerprint density at radius 2 is 1.97 bits per heavy atom. The minimum absolute atomic E-state index is 0.0923. The van der Waals surface area contributed by atoms with Crippen LogP contribution in [-0.4, -0.2) is 54.9 Å². The average molecular weight is 479 g/mol. The van der Waals surface area contributed by atoms with Crippen LogP contribution in [0.5, 0.6) is 0 Å². The lowest BCUT2D eigenvalue weighted by atomic mass is 9.92. The number of hydrogen-bond donors (Lipinski definition) is 1. The summed E-state index contributed by atoms with van der Waals surface area (Å²) >= 11 is 0. The highest BCUT2D eigenvalue weighted by Crippen LogP contribution is 2.32. The number of nitrogens with zero attached hydrogens (tertiary/aromatic N) is 7. The molecule has 4 aromatic rings. The van der Waals surface area contributed by atoms with Crippen LogP contribution in [0.4, 0.5) is 4.79 Å². The number of nitrogens with one attached hydrogen (secondary N) is 1. The topological polar surface area (TPSA) is 104 Å². The van der Waals surface area contributed by atoms with Gasteiger partial charge in [-0.25, -0.2) is 9.31 Å². The molecule has 1 aliphatic heterocycles. The molecular formula is C27H26N8O. The zero-order valence-corrected chi connectivity index (χ0v) is 20.1. The van der Waals surface area contributed by atoms with E-state index >= 15 is 0 Å². The average Bonchev–Trinajstić information content (AvgIpc) is 3.53. The van der Waals surface area contributed by atoms with Crippen LogP contribution in [-0.2, 0) is 13.5 Å². The molecule has 9 heteroatoms. The highest BCUT2D eigenvalue weighted by molar-refractivity contribution is 5.87. The molecule has 1 N–H and O–H groups in total. The van der Waals surface area contributed by atoms with Crippen LogP contribution in [0.1, 0.15) is 24.1 Å². The van der Waals surface area contributed by atoms with Crippen molar-refractivity contribution in [3.8, 4) is 40.7 Å². The minimum Gasteiger partial charge on any atom is -0.327 e. The van der Waals surface area contributed by atoms with Crippen LogP contribution < -0.4 is 5.32 Å². The van der Waals surface area contributed by atoms with E-state index in [2.05, 4.69) is 45.7 Å². The van der Waals surface area contributed by atoms with Gasteiger partial charge in [-0.1, -0.05) is 12.0 Å². The number of urea groups is 1. The lowest BCUT2D eigenvalue weighted by Gasteiger charge is -2.31. The Hall–Kier alpha value is -4.63. The van der Waals surface area contributed by atoms with Crippen LogP contribution >= 0.6 is 0 Å². The molecule has 0 spiro atoms. The number of terminal acetylenes is 1. The molecule has 4 aromatic heterocycles. The summed E-state index contributed by atoms with van der Waals surface area (Å²) in [6, 6.07) is 8.33. The van der Waals surface area contributed by atoms with Crippen molar-refractivity contribution in [2.45, 2.75) is 19.3 Å². The number of carbonyl (C=O) groups excluding carboxylic acids is 1. The molecule has 0 aliphatic carbocycles. The summed E-state index contributed by atoms with van der Waals surface area (Å²) < 4.78 is 3.51. The number of pyridine rings is 2. The molecule has 0 saturated carbocycles. The quantitative estimate of drug-likeness (QED) is 0.444. The maximum Gasteiger partial charge on any atom is 0.318 e. The second kappa shape index (κ2) is 9.93. The third-order valence-corrected chi connectivity index (χ3v) is 6.65. The Labute approximate surface area is 209 Å². The predicted octanol–water partition coefficient (Wildman–Crippen LogP) is 3.27. The minimum atomic E-state index is -0.0923. The number of likely N-dealkylation sites (tertiary alicyclic amines) is 1. The monoisotopic (exact) mass is 478 g/mol. The van der Waals surface area contributed by atoms with E-state index in [9.17, 15) is 10.1 Å². The largest absolute Gasteiger partial charge is 0.327 e. The van der Waals surface area contributed by atoms with Gasteiger partial charge in [0.25, 0.3) is 0 Å². The molecule has 9 nitrogen and oxygen atoms in total. The molecule has 5 heterocycles. The fraction of sp³-hybridized carbons (Fsp3) is 0.296. The number of aryl methyl sites for hydroxylation is 1. The van der Waals surface area contributed by atoms with Gasteiger partial charge in [-0.2, -0.15) is 15.5 Å². The van der Waals surface area contributed by atoms with Crippen molar-refractivity contribution in [2.75, 3.05) is 19.6 Å². The molecule has 1 fully saturated rings. The van der Waals surface area contributed by atoms with Crippen molar-refractivity contribution in [1.29, 1.82) is 5.26 Å². The first kappa shape index (κ1) is 23.1. The van der Waals surface area contributed by atoms with E-state index in [1.807, 2.05) is 36.7 Å². The summed E-state index contributed by atoms with van der Waals surface area (Å²) in [5, 5.41) is 21.1. The molecule has 5 rings (SSSR count). The number of piperidine rings is 1. The van der Waals surface area contributed by atoms with Gasteiger partial charge in [-0.05, 0) is 37.3 Å². The Balaban J connectivity index is 1.35. The van der Waals surface area contributed by atoms with E-state index in [0.717, 1.165) is 65.8 Å². The lowest BCUT2D eigenvalue weighted by Crippen LogP contribution is -2.44. The zero-order chi connectivity index (χ0) is 25.1. The number of nitriles is 1. The number of fused-ring (bicyclic) bond motifs is 1. The predicted molar refractivity (Wildman–Crippen MR) is 136 cm³/mol. The van der Waals surface area contributed by atoms with Gasteiger partial charge in [-0.3, -0.25) is 9.67 Å². The number of amides is 2. The molecule has 180 valence electrons. The van der Waals surface area contributed by atoms with E-state index < -0.39 is 0 Å². The third kappa shape index (κ3) is 4.64. The number of aromatic nitrogens is 5. The van der Waals surface area contributed by atoms with Gasteiger partial charge in [0.05, 0.1) is 30.0 Å². The van der Waals surface area contributed by atoms with Gasteiger partial charge in [0, 0.05) is 66.7 Å². The summed E-state index contributed by atoms with van der Waals surface area (Å²) in [6.07, 6.45) is 17.1. The summed E-state index contributed by atoms with van der Waals surface area (Å²) in [5.74, 6) is 2.90. The third-order valence-electron chi connectivity index (χ3n) is 6.65. The second-order valence-electron chi connectivity index (χ2n) is 9.04. The summed E-state index contributed by atoms with van der Waals surface area (Å²) in [4.78, 5) is 18.7. The van der Waals surface area contributed by atoms with Crippen LogP contribution in [0.15, 0.2) is 49.2 Å². The maximum atomic E-state index is 12.1. The summed E-state index contributed by atoms with van der Waals surface area (Å²) in [5.41, 5.74) is 6.04. The molecule has 2 amide bonds. The molecule has 1 aliphatic rings. The van der Waals surface area contributed by atoms with Gasteiger partial charge in [-0.15, -0.1) is 6.42 Å². The van der Waals surface area contributed by atoms with Crippen LogP contribution in [0.2, 0.25) is 0 Å². The lowest BCUT2D eigenvalue weighted by molar-refractivity contribution is 0.171. The first-order valence-corrected chi connectivity index (χ1v) is 11.9. The van der Waals surface area contributed by atoms with E-state index in [1.54, 1.807) is 15.4 Å². The fourth-order valence-corrected chi connectivity index (χ4v) is 4.73. The van der Waals surface area contributed by atoms with Gasteiger partial charge in [0.1, 0.15) is 6.07 Å². The molecule has 0 bridgehead atoms. The fourth-order valence-electron chi connectivity index (χ4n) is 4.73. The molecule has 0 atom stereocenters. The first-order valence-electron chi connectivity index (χ1n) is 11.9. The van der Waals surface area contributed by atoms with E-state index in [-0.39, 0.29) is 12.6 Å². The molecule has 1 saturated heterocycles.